The molecule has 0 aliphatic carbocycles. The Balaban J connectivity index is 2.33. The van der Waals surface area contributed by atoms with Crippen molar-refractivity contribution in [2.24, 2.45) is 0 Å². The lowest BCUT2D eigenvalue weighted by Gasteiger charge is -1.96. The van der Waals surface area contributed by atoms with Crippen LogP contribution in [0.4, 0.5) is 4.39 Å². The van der Waals surface area contributed by atoms with Crippen LogP contribution in [0.15, 0.2) is 28.1 Å². The highest BCUT2D eigenvalue weighted by molar-refractivity contribution is 7.13. The fourth-order valence-electron chi connectivity index (χ4n) is 1.59. The Labute approximate surface area is 104 Å². The van der Waals surface area contributed by atoms with Crippen molar-refractivity contribution < 1.29 is 14.0 Å². The van der Waals surface area contributed by atoms with Crippen molar-refractivity contribution in [3.63, 3.8) is 0 Å². The zero-order valence-electron chi connectivity index (χ0n) is 8.28. The number of phenols is 1. The van der Waals surface area contributed by atoms with Gasteiger partial charge in [0.15, 0.2) is 5.58 Å². The van der Waals surface area contributed by atoms with E-state index < -0.39 is 0 Å². The van der Waals surface area contributed by atoms with E-state index in [1.54, 1.807) is 11.4 Å². The standard InChI is InChI=1S/C11H5ClFNO2S/c12-8-7(15)2-1-5-9(14-16-10(5)8)11-6(13)3-4-17-11/h1-4,15H. The molecule has 0 amide bonds. The number of phenolic OH excluding ortho intramolecular Hbond substituents is 1. The van der Waals surface area contributed by atoms with Crippen LogP contribution in [0.3, 0.4) is 0 Å². The summed E-state index contributed by atoms with van der Waals surface area (Å²) in [5.41, 5.74) is 0.656. The highest BCUT2D eigenvalue weighted by Crippen LogP contribution is 2.38. The van der Waals surface area contributed by atoms with Gasteiger partial charge in [0, 0.05) is 0 Å². The molecule has 86 valence electrons. The predicted octanol–water partition coefficient (Wildman–Crippen LogP) is 4.05. The number of rotatable bonds is 1. The summed E-state index contributed by atoms with van der Waals surface area (Å²) in [6.45, 7) is 0. The molecular weight excluding hydrogens is 265 g/mol. The lowest BCUT2D eigenvalue weighted by atomic mass is 10.2. The number of hydrogen-bond donors (Lipinski definition) is 1. The first-order valence-corrected chi connectivity index (χ1v) is 5.94. The Morgan fingerprint density at radius 2 is 2.18 bits per heavy atom. The molecule has 0 unspecified atom stereocenters. The molecule has 2 heterocycles. The van der Waals surface area contributed by atoms with Crippen molar-refractivity contribution in [1.29, 1.82) is 0 Å². The molecule has 3 rings (SSSR count). The van der Waals surface area contributed by atoms with Gasteiger partial charge in [-0.1, -0.05) is 16.8 Å². The molecule has 6 heteroatoms. The largest absolute Gasteiger partial charge is 0.506 e. The Bertz CT molecular complexity index is 707. The third kappa shape index (κ3) is 1.50. The monoisotopic (exact) mass is 269 g/mol. The fourth-order valence-corrected chi connectivity index (χ4v) is 2.55. The van der Waals surface area contributed by atoms with Gasteiger partial charge in [-0.05, 0) is 23.6 Å². The van der Waals surface area contributed by atoms with Gasteiger partial charge >= 0.3 is 0 Å². The van der Waals surface area contributed by atoms with Gasteiger partial charge in [0.2, 0.25) is 0 Å². The third-order valence-corrected chi connectivity index (χ3v) is 3.65. The number of hydrogen-bond acceptors (Lipinski definition) is 4. The van der Waals surface area contributed by atoms with Crippen LogP contribution in [-0.4, -0.2) is 10.3 Å². The molecule has 3 nitrogen and oxygen atoms in total. The molecular formula is C11H5ClFNO2S. The van der Waals surface area contributed by atoms with E-state index in [1.807, 2.05) is 0 Å². The minimum Gasteiger partial charge on any atom is -0.506 e. The molecule has 0 spiro atoms. The second-order valence-electron chi connectivity index (χ2n) is 3.40. The summed E-state index contributed by atoms with van der Waals surface area (Å²) in [5, 5.41) is 15.5. The van der Waals surface area contributed by atoms with Gasteiger partial charge < -0.3 is 9.63 Å². The molecule has 1 N–H and O–H groups in total. The Morgan fingerprint density at radius 1 is 1.35 bits per heavy atom. The summed E-state index contributed by atoms with van der Waals surface area (Å²) in [7, 11) is 0. The van der Waals surface area contributed by atoms with E-state index in [1.165, 1.54) is 23.5 Å². The van der Waals surface area contributed by atoms with Gasteiger partial charge in [-0.15, -0.1) is 11.3 Å². The van der Waals surface area contributed by atoms with Gasteiger partial charge in [0.05, 0.1) is 10.3 Å². The summed E-state index contributed by atoms with van der Waals surface area (Å²) in [4.78, 5) is 0.394. The highest BCUT2D eigenvalue weighted by Gasteiger charge is 2.18. The van der Waals surface area contributed by atoms with Gasteiger partial charge in [-0.2, -0.15) is 0 Å². The Hall–Kier alpha value is -1.59. The van der Waals surface area contributed by atoms with Gasteiger partial charge in [-0.25, -0.2) is 4.39 Å². The van der Waals surface area contributed by atoms with Crippen molar-refractivity contribution in [2.45, 2.75) is 0 Å². The number of thiophene rings is 1. The molecule has 0 saturated carbocycles. The lowest BCUT2D eigenvalue weighted by molar-refractivity contribution is 0.451. The number of aromatic hydroxyl groups is 1. The predicted molar refractivity (Wildman–Crippen MR) is 64.0 cm³/mol. The van der Waals surface area contributed by atoms with Crippen molar-refractivity contribution >= 4 is 33.9 Å². The Morgan fingerprint density at radius 3 is 2.88 bits per heavy atom. The van der Waals surface area contributed by atoms with Crippen LogP contribution >= 0.6 is 22.9 Å². The van der Waals surface area contributed by atoms with Crippen molar-refractivity contribution in [3.8, 4) is 16.3 Å². The molecule has 1 aromatic carbocycles. The van der Waals surface area contributed by atoms with Gasteiger partial charge in [0.25, 0.3) is 0 Å². The van der Waals surface area contributed by atoms with E-state index in [2.05, 4.69) is 5.16 Å². The molecule has 17 heavy (non-hydrogen) atoms. The number of fused-ring (bicyclic) bond motifs is 1. The summed E-state index contributed by atoms with van der Waals surface area (Å²) in [5.74, 6) is -0.442. The molecule has 0 aliphatic heterocycles. The van der Waals surface area contributed by atoms with Crippen LogP contribution < -0.4 is 0 Å². The summed E-state index contributed by atoms with van der Waals surface area (Å²) >= 11 is 7.10. The SMILES string of the molecule is Oc1ccc2c(-c3sccc3F)noc2c1Cl. The van der Waals surface area contributed by atoms with Crippen molar-refractivity contribution in [2.75, 3.05) is 0 Å². The van der Waals surface area contributed by atoms with Crippen LogP contribution in [0, 0.1) is 5.82 Å². The number of benzene rings is 1. The molecule has 0 radical (unpaired) electrons. The van der Waals surface area contributed by atoms with Gasteiger partial charge in [-0.3, -0.25) is 0 Å². The summed E-state index contributed by atoms with van der Waals surface area (Å²) in [6.07, 6.45) is 0. The van der Waals surface area contributed by atoms with Crippen LogP contribution in [-0.2, 0) is 0 Å². The zero-order valence-corrected chi connectivity index (χ0v) is 9.85. The van der Waals surface area contributed by atoms with E-state index in [4.69, 9.17) is 16.1 Å². The number of aromatic nitrogens is 1. The molecule has 0 bridgehead atoms. The maximum atomic E-state index is 13.5. The second-order valence-corrected chi connectivity index (χ2v) is 4.70. The summed E-state index contributed by atoms with van der Waals surface area (Å²) < 4.78 is 18.5. The topological polar surface area (TPSA) is 46.3 Å². The van der Waals surface area contributed by atoms with Crippen LogP contribution in [0.5, 0.6) is 5.75 Å². The van der Waals surface area contributed by atoms with E-state index in [0.717, 1.165) is 0 Å². The van der Waals surface area contributed by atoms with Crippen molar-refractivity contribution in [3.05, 3.63) is 34.4 Å². The Kier molecular flexibility index (Phi) is 2.31. The molecule has 3 aromatic rings. The maximum absolute atomic E-state index is 13.5. The molecule has 0 saturated heterocycles. The van der Waals surface area contributed by atoms with E-state index in [-0.39, 0.29) is 22.2 Å². The quantitative estimate of drug-likeness (QED) is 0.725. The normalized spacial score (nSPS) is 11.2. The number of halogens is 2. The minimum absolute atomic E-state index is 0.0817. The summed E-state index contributed by atoms with van der Waals surface area (Å²) in [6, 6.07) is 4.39. The smallest absolute Gasteiger partial charge is 0.189 e. The average molecular weight is 270 g/mol. The zero-order chi connectivity index (χ0) is 12.0. The second kappa shape index (κ2) is 3.72. The van der Waals surface area contributed by atoms with Crippen LogP contribution in [0.2, 0.25) is 5.02 Å². The first-order valence-electron chi connectivity index (χ1n) is 4.68. The average Bonchev–Trinajstić information content (AvgIpc) is 2.89. The third-order valence-electron chi connectivity index (χ3n) is 2.39. The van der Waals surface area contributed by atoms with Crippen molar-refractivity contribution in [1.82, 2.24) is 5.16 Å². The minimum atomic E-state index is -0.352. The maximum Gasteiger partial charge on any atom is 0.189 e. The first-order chi connectivity index (χ1) is 8.18. The van der Waals surface area contributed by atoms with E-state index >= 15 is 0 Å². The molecule has 2 aromatic heterocycles. The highest BCUT2D eigenvalue weighted by atomic mass is 35.5. The van der Waals surface area contributed by atoms with Gasteiger partial charge in [0.1, 0.15) is 22.3 Å². The molecule has 0 atom stereocenters. The number of nitrogens with zero attached hydrogens (tertiary/aromatic N) is 1. The van der Waals surface area contributed by atoms with Crippen LogP contribution in [0.25, 0.3) is 21.5 Å². The van der Waals surface area contributed by atoms with E-state index in [9.17, 15) is 9.50 Å². The van der Waals surface area contributed by atoms with Crippen LogP contribution in [0.1, 0.15) is 0 Å². The molecule has 0 fully saturated rings. The lowest BCUT2D eigenvalue weighted by Crippen LogP contribution is -1.77. The van der Waals surface area contributed by atoms with E-state index in [0.29, 0.717) is 16.0 Å². The fraction of sp³-hybridized carbons (Fsp3) is 0. The first kappa shape index (κ1) is 10.6. The molecule has 0 aliphatic rings.